The molecule has 2 aliphatic rings. The Balaban J connectivity index is 0.983. The molecule has 4 heterocycles. The van der Waals surface area contributed by atoms with Crippen LogP contribution in [-0.4, -0.2) is 15.8 Å². The monoisotopic (exact) mass is 1270 g/mol. The number of hydrogen-bond donors (Lipinski definition) is 0. The maximum Gasteiger partial charge on any atom is 0.252 e. The van der Waals surface area contributed by atoms with E-state index >= 15 is 0 Å². The number of rotatable bonds is 10. The number of para-hydroxylation sites is 5. The number of nitrogens with zero attached hydrogens (tertiary/aromatic N) is 5. The van der Waals surface area contributed by atoms with E-state index < -0.39 is 103 Å². The van der Waals surface area contributed by atoms with Crippen LogP contribution < -0.4 is 31.1 Å². The first-order valence-corrected chi connectivity index (χ1v) is 33.0. The molecule has 5 nitrogen and oxygen atoms in total. The molecule has 0 saturated heterocycles. The molecule has 0 amide bonds. The fraction of sp³-hybridized carbons (Fsp3) is 0.0870. The topological polar surface area (TPSA) is 19.6 Å². The molecule has 468 valence electrons. The van der Waals surface area contributed by atoms with Gasteiger partial charge in [0.2, 0.25) is 0 Å². The van der Waals surface area contributed by atoms with E-state index in [0.717, 1.165) is 83.6 Å². The lowest BCUT2D eigenvalue weighted by molar-refractivity contribution is 0.590. The van der Waals surface area contributed by atoms with Gasteiger partial charge < -0.3 is 23.8 Å². The number of fused-ring (bicyclic) bond motifs is 10. The van der Waals surface area contributed by atoms with Crippen LogP contribution >= 0.6 is 0 Å². The summed E-state index contributed by atoms with van der Waals surface area (Å²) in [6, 6.07) is 66.5. The number of benzene rings is 14. The smallest absolute Gasteiger partial charge is 0.252 e. The maximum absolute atomic E-state index is 10.0. The van der Waals surface area contributed by atoms with Gasteiger partial charge in [0.05, 0.1) is 51.1 Å². The van der Waals surface area contributed by atoms with Crippen molar-refractivity contribution in [1.29, 1.82) is 0 Å². The highest BCUT2D eigenvalue weighted by Crippen LogP contribution is 2.51. The van der Waals surface area contributed by atoms with Crippen LogP contribution in [-0.2, 0) is 10.8 Å². The summed E-state index contributed by atoms with van der Waals surface area (Å²) in [6.07, 6.45) is 0. The molecule has 18 rings (SSSR count). The summed E-state index contributed by atoms with van der Waals surface area (Å²) >= 11 is 0. The van der Waals surface area contributed by atoms with Crippen molar-refractivity contribution >= 4 is 118 Å². The minimum absolute atomic E-state index is 0.0305. The summed E-state index contributed by atoms with van der Waals surface area (Å²) < 4.78 is 162. The molecular formula is C92H72BN5. The van der Waals surface area contributed by atoms with Crippen LogP contribution in [0.5, 0.6) is 0 Å². The van der Waals surface area contributed by atoms with Gasteiger partial charge in [-0.1, -0.05) is 241 Å². The minimum Gasteiger partial charge on any atom is -0.311 e. The second-order valence-corrected chi connectivity index (χ2v) is 27.3. The van der Waals surface area contributed by atoms with Crippen LogP contribution in [0.4, 0.5) is 51.2 Å². The first kappa shape index (κ1) is 43.3. The molecule has 0 aliphatic carbocycles. The predicted molar refractivity (Wildman–Crippen MR) is 418 cm³/mol. The molecule has 2 aliphatic heterocycles. The van der Waals surface area contributed by atoms with Crippen LogP contribution in [0, 0.1) is 0 Å². The third-order valence-electron chi connectivity index (χ3n) is 19.4. The van der Waals surface area contributed by atoms with Crippen molar-refractivity contribution in [2.75, 3.05) is 14.7 Å². The Morgan fingerprint density at radius 1 is 0.306 bits per heavy atom. The highest BCUT2D eigenvalue weighted by atomic mass is 15.2. The molecule has 0 spiro atoms. The van der Waals surface area contributed by atoms with Crippen LogP contribution in [0.15, 0.2) is 327 Å². The molecule has 0 atom stereocenters. The summed E-state index contributed by atoms with van der Waals surface area (Å²) in [5.41, 5.74) is 15.9. The summed E-state index contributed by atoms with van der Waals surface area (Å²) in [5.74, 6) is 0. The SMILES string of the molecule is [2H]c1c([2H])c([2H])c(N(c2ccccc2)c2ccc3c(c2)c2c([2H])c([2H])c([2H])c([2H])c2n3-c2ccc3c(c2)N(c2ccc(C(C)(C)C)cc2-c2ccccc2)c2cc(C(C)(C)C)cc4c2B3c2ccc(-n3c5c([2H])c([2H])c([2H])c([2H])c5c5c([2H])c([2H])c([2H])c([2H])c53)cc2N4c2cc(-c3ccccc3)cc(-c3ccccc3)c2)c([2H])c1[2H]. The van der Waals surface area contributed by atoms with E-state index in [1.165, 1.54) is 0 Å². The number of hydrogen-bond acceptors (Lipinski definition) is 3. The molecule has 0 radical (unpaired) electrons. The zero-order valence-corrected chi connectivity index (χ0v) is 54.7. The molecule has 0 saturated carbocycles. The van der Waals surface area contributed by atoms with E-state index in [1.807, 2.05) is 95.6 Å². The molecule has 0 unspecified atom stereocenters. The van der Waals surface area contributed by atoms with Gasteiger partial charge in [0.15, 0.2) is 0 Å². The van der Waals surface area contributed by atoms with Gasteiger partial charge in [-0.05, 0) is 193 Å². The lowest BCUT2D eigenvalue weighted by atomic mass is 9.33. The van der Waals surface area contributed by atoms with Crippen molar-refractivity contribution in [3.8, 4) is 44.8 Å². The van der Waals surface area contributed by atoms with E-state index in [4.69, 9.17) is 6.85 Å². The van der Waals surface area contributed by atoms with Gasteiger partial charge >= 0.3 is 0 Å². The first-order chi connectivity index (χ1) is 54.9. The van der Waals surface area contributed by atoms with Crippen molar-refractivity contribution in [1.82, 2.24) is 9.13 Å². The van der Waals surface area contributed by atoms with Gasteiger partial charge in [-0.25, -0.2) is 0 Å². The fourth-order valence-corrected chi connectivity index (χ4v) is 14.7. The van der Waals surface area contributed by atoms with Crippen LogP contribution in [0.3, 0.4) is 0 Å². The lowest BCUT2D eigenvalue weighted by Crippen LogP contribution is -2.61. The second-order valence-electron chi connectivity index (χ2n) is 27.3. The molecule has 16 aromatic rings. The van der Waals surface area contributed by atoms with E-state index in [0.29, 0.717) is 45.0 Å². The van der Waals surface area contributed by atoms with E-state index in [-0.39, 0.29) is 55.9 Å². The first-order valence-electron chi connectivity index (χ1n) is 41.5. The molecular weight excluding hydrogens is 1190 g/mol. The normalized spacial score (nSPS) is 15.2. The standard InChI is InChI=1S/C92H72BN5/c1-91(2,3)66-44-50-84(77(55-66)63-32-16-9-17-33-63)98-87-60-72(96-83-43-27-24-40-76(83)78-58-70(47-51-85(78)96)94(68-34-18-10-19-35-68)69-36-20-11-21-37-69)46-49-80(87)93-79-48-45-71(95-81-41-25-22-38-74(81)75-39-23-26-42-82(75)95)59-86(79)97(88-56-67(92(4,5)6)57-89(98)90(88)93)73-53-64(61-28-12-7-13-29-61)52-65(54-73)62-30-14-8-15-31-62/h7-60H,1-6H3/i10D,18D,19D,22D,23D,24D,25D,26D,27D,34D,35D,38D,39D,40D,41D,42D,43D. The zero-order valence-electron chi connectivity index (χ0n) is 71.7. The summed E-state index contributed by atoms with van der Waals surface area (Å²) in [4.78, 5) is 6.19. The van der Waals surface area contributed by atoms with Gasteiger partial charge in [0.1, 0.15) is 0 Å². The Labute approximate surface area is 598 Å². The van der Waals surface area contributed by atoms with Crippen molar-refractivity contribution in [2.45, 2.75) is 52.4 Å². The van der Waals surface area contributed by atoms with Gasteiger partial charge in [0, 0.05) is 84.0 Å². The predicted octanol–water partition coefficient (Wildman–Crippen LogP) is 23.0. The summed E-state index contributed by atoms with van der Waals surface area (Å²) in [6.45, 7) is 12.5. The summed E-state index contributed by atoms with van der Waals surface area (Å²) in [5, 5.41) is 0.452. The van der Waals surface area contributed by atoms with E-state index in [1.54, 1.807) is 45.9 Å². The molecule has 98 heavy (non-hydrogen) atoms. The van der Waals surface area contributed by atoms with E-state index in [2.05, 4.69) is 148 Å². The van der Waals surface area contributed by atoms with Gasteiger partial charge in [-0.15, -0.1) is 0 Å². The van der Waals surface area contributed by atoms with E-state index in [9.17, 15) is 16.4 Å². The third-order valence-corrected chi connectivity index (χ3v) is 19.4. The molecule has 14 aromatic carbocycles. The average molecular weight is 1280 g/mol. The van der Waals surface area contributed by atoms with Crippen LogP contribution in [0.25, 0.3) is 88.4 Å². The highest BCUT2D eigenvalue weighted by Gasteiger charge is 2.45. The molecule has 6 heteroatoms. The molecule has 0 N–H and O–H groups in total. The Morgan fingerprint density at radius 3 is 1.34 bits per heavy atom. The van der Waals surface area contributed by atoms with Crippen molar-refractivity contribution in [3.05, 3.63) is 338 Å². The summed E-state index contributed by atoms with van der Waals surface area (Å²) in [7, 11) is 0. The highest BCUT2D eigenvalue weighted by molar-refractivity contribution is 7.00. The Hall–Kier alpha value is -11.9. The quantitative estimate of drug-likeness (QED) is 0.127. The second kappa shape index (κ2) is 22.9. The minimum atomic E-state index is -0.657. The lowest BCUT2D eigenvalue weighted by Gasteiger charge is -2.45. The molecule has 2 aromatic heterocycles. The average Bonchev–Trinajstić information content (AvgIpc) is 1.67. The fourth-order valence-electron chi connectivity index (χ4n) is 14.7. The number of anilines is 9. The Morgan fingerprint density at radius 2 is 0.786 bits per heavy atom. The molecule has 0 fully saturated rings. The van der Waals surface area contributed by atoms with Crippen molar-refractivity contribution < 1.29 is 23.3 Å². The van der Waals surface area contributed by atoms with Crippen molar-refractivity contribution in [3.63, 3.8) is 0 Å². The van der Waals surface area contributed by atoms with Gasteiger partial charge in [-0.2, -0.15) is 0 Å². The van der Waals surface area contributed by atoms with Gasteiger partial charge in [0.25, 0.3) is 6.71 Å². The zero-order chi connectivity index (χ0) is 80.8. The third kappa shape index (κ3) is 9.68. The van der Waals surface area contributed by atoms with Crippen LogP contribution in [0.1, 0.15) is 76.0 Å². The largest absolute Gasteiger partial charge is 0.311 e. The Bertz CT molecular complexity index is 6700. The molecule has 0 bridgehead atoms. The Kier molecular flexibility index (Phi) is 10.1. The number of aromatic nitrogens is 2. The maximum atomic E-state index is 10.0. The van der Waals surface area contributed by atoms with Crippen LogP contribution in [0.2, 0.25) is 0 Å². The van der Waals surface area contributed by atoms with Crippen molar-refractivity contribution in [2.24, 2.45) is 0 Å². The van der Waals surface area contributed by atoms with Gasteiger partial charge in [-0.3, -0.25) is 0 Å².